The van der Waals surface area contributed by atoms with Gasteiger partial charge in [0, 0.05) is 12.8 Å². The molecule has 1 amide bonds. The van der Waals surface area contributed by atoms with Gasteiger partial charge in [0.05, 0.1) is 33.8 Å². The minimum absolute atomic E-state index is 0.0386. The molecule has 0 aromatic carbocycles. The van der Waals surface area contributed by atoms with E-state index in [0.717, 1.165) is 70.6 Å². The van der Waals surface area contributed by atoms with Crippen molar-refractivity contribution in [1.82, 2.24) is 5.32 Å². The second-order valence-corrected chi connectivity index (χ2v) is 23.0. The molecule has 0 fully saturated rings. The lowest BCUT2D eigenvalue weighted by atomic mass is 10.0. The van der Waals surface area contributed by atoms with Crippen LogP contribution in [-0.2, 0) is 27.9 Å². The number of amides is 1. The van der Waals surface area contributed by atoms with E-state index in [2.05, 4.69) is 50.4 Å². The van der Waals surface area contributed by atoms with Gasteiger partial charge in [-0.15, -0.1) is 0 Å². The highest BCUT2D eigenvalue weighted by molar-refractivity contribution is 7.47. The molecule has 0 aliphatic carbocycles. The number of carbonyl (C=O) groups excluding carboxylic acids is 2. The Kier molecular flexibility index (Phi) is 49.5. The molecule has 0 aromatic heterocycles. The van der Waals surface area contributed by atoms with Gasteiger partial charge in [0.15, 0.2) is 0 Å². The van der Waals surface area contributed by atoms with Crippen molar-refractivity contribution in [2.45, 2.75) is 296 Å². The quantitative estimate of drug-likeness (QED) is 0.0205. The third-order valence-corrected chi connectivity index (χ3v) is 14.3. The second-order valence-electron chi connectivity index (χ2n) is 21.5. The van der Waals surface area contributed by atoms with Crippen LogP contribution in [-0.4, -0.2) is 74.3 Å². The highest BCUT2D eigenvalue weighted by atomic mass is 31.2. The van der Waals surface area contributed by atoms with Crippen LogP contribution in [0.2, 0.25) is 0 Å². The smallest absolute Gasteiger partial charge is 0.456 e. The number of carbonyl (C=O) groups is 2. The van der Waals surface area contributed by atoms with E-state index in [1.54, 1.807) is 0 Å². The molecule has 2 N–H and O–H groups in total. The average Bonchev–Trinajstić information content (AvgIpc) is 3.32. The Morgan fingerprint density at radius 1 is 0.486 bits per heavy atom. The maximum atomic E-state index is 13.5. The Morgan fingerprint density at radius 3 is 1.23 bits per heavy atom. The number of phosphoric acid groups is 1. The number of nitrogens with one attached hydrogen (secondary N) is 1. The van der Waals surface area contributed by atoms with Crippen LogP contribution in [0.1, 0.15) is 284 Å². The molecule has 0 aliphatic rings. The monoisotopic (exact) mass is 1010 g/mol. The zero-order valence-electron chi connectivity index (χ0n) is 47.0. The molecule has 10 heteroatoms. The van der Waals surface area contributed by atoms with Gasteiger partial charge < -0.3 is 19.4 Å². The first-order valence-electron chi connectivity index (χ1n) is 29.8. The first-order valence-corrected chi connectivity index (χ1v) is 31.3. The molecule has 0 spiro atoms. The molecule has 0 heterocycles. The number of allylic oxidation sites excluding steroid dienone is 5. The van der Waals surface area contributed by atoms with Gasteiger partial charge >= 0.3 is 13.8 Å². The number of unbranched alkanes of at least 4 members (excludes halogenated alkanes) is 34. The van der Waals surface area contributed by atoms with Crippen molar-refractivity contribution < 1.29 is 37.3 Å². The highest BCUT2D eigenvalue weighted by Crippen LogP contribution is 2.43. The van der Waals surface area contributed by atoms with Crippen LogP contribution in [0.3, 0.4) is 0 Å². The molecule has 0 radical (unpaired) electrons. The number of esters is 1. The normalized spacial score (nSPS) is 14.0. The zero-order valence-corrected chi connectivity index (χ0v) is 47.9. The van der Waals surface area contributed by atoms with Crippen molar-refractivity contribution in [2.75, 3.05) is 40.9 Å². The van der Waals surface area contributed by atoms with Gasteiger partial charge in [-0.2, -0.15) is 0 Å². The van der Waals surface area contributed by atoms with Crippen molar-refractivity contribution in [3.05, 3.63) is 36.5 Å². The van der Waals surface area contributed by atoms with Gasteiger partial charge in [-0.3, -0.25) is 18.6 Å². The number of rotatable bonds is 54. The summed E-state index contributed by atoms with van der Waals surface area (Å²) in [6, 6.07) is -0.853. The van der Waals surface area contributed by atoms with E-state index in [4.69, 9.17) is 13.8 Å². The van der Waals surface area contributed by atoms with Crippen molar-refractivity contribution in [3.8, 4) is 0 Å². The number of ether oxygens (including phenoxy) is 1. The molecular weight excluding hydrogens is 892 g/mol. The van der Waals surface area contributed by atoms with Gasteiger partial charge in [-0.05, 0) is 83.1 Å². The predicted molar refractivity (Wildman–Crippen MR) is 300 cm³/mol. The number of hydrogen-bond donors (Lipinski definition) is 2. The van der Waals surface area contributed by atoms with Crippen molar-refractivity contribution in [1.29, 1.82) is 0 Å². The van der Waals surface area contributed by atoms with Gasteiger partial charge in [0.2, 0.25) is 5.91 Å². The van der Waals surface area contributed by atoms with Crippen molar-refractivity contribution in [3.63, 3.8) is 0 Å². The molecule has 0 saturated carbocycles. The van der Waals surface area contributed by atoms with Gasteiger partial charge in [-0.25, -0.2) is 4.57 Å². The fourth-order valence-electron chi connectivity index (χ4n) is 8.64. The second kappa shape index (κ2) is 50.7. The first kappa shape index (κ1) is 68.2. The van der Waals surface area contributed by atoms with Crippen molar-refractivity contribution >= 4 is 19.7 Å². The van der Waals surface area contributed by atoms with Crippen LogP contribution in [0.5, 0.6) is 0 Å². The minimum atomic E-state index is -4.44. The molecule has 0 bridgehead atoms. The van der Waals surface area contributed by atoms with Crippen LogP contribution in [0.25, 0.3) is 0 Å². The van der Waals surface area contributed by atoms with Crippen LogP contribution in [0.15, 0.2) is 36.5 Å². The first-order chi connectivity index (χ1) is 33.9. The summed E-state index contributed by atoms with van der Waals surface area (Å²) in [5, 5.41) is 3.04. The summed E-state index contributed by atoms with van der Waals surface area (Å²) < 4.78 is 30.6. The number of hydrogen-bond acceptors (Lipinski definition) is 6. The molecule has 412 valence electrons. The molecule has 0 aliphatic heterocycles. The number of likely N-dealkylation sites (N-methyl/N-ethyl adjacent to an activating group) is 1. The van der Waals surface area contributed by atoms with Crippen molar-refractivity contribution in [2.24, 2.45) is 0 Å². The van der Waals surface area contributed by atoms with Gasteiger partial charge in [0.1, 0.15) is 19.3 Å². The summed E-state index contributed by atoms with van der Waals surface area (Å²) in [6.45, 7) is 7.00. The lowest BCUT2D eigenvalue weighted by Crippen LogP contribution is -2.47. The summed E-state index contributed by atoms with van der Waals surface area (Å²) in [4.78, 5) is 37.6. The fourth-order valence-corrected chi connectivity index (χ4v) is 9.37. The molecule has 0 aromatic rings. The molecular formula is C60H116N2O7P+. The summed E-state index contributed by atoms with van der Waals surface area (Å²) in [5.41, 5.74) is 0. The summed E-state index contributed by atoms with van der Waals surface area (Å²) in [7, 11) is 1.49. The molecule has 9 nitrogen and oxygen atoms in total. The van der Waals surface area contributed by atoms with E-state index in [1.807, 2.05) is 33.3 Å². The molecule has 0 rings (SSSR count). The predicted octanol–water partition coefficient (Wildman–Crippen LogP) is 17.9. The Morgan fingerprint density at radius 2 is 0.829 bits per heavy atom. The van der Waals surface area contributed by atoms with E-state index < -0.39 is 20.0 Å². The third kappa shape index (κ3) is 51.1. The molecule has 3 atom stereocenters. The van der Waals surface area contributed by atoms with Crippen LogP contribution < -0.4 is 5.32 Å². The maximum Gasteiger partial charge on any atom is 0.472 e. The lowest BCUT2D eigenvalue weighted by molar-refractivity contribution is -0.870. The lowest BCUT2D eigenvalue weighted by Gasteiger charge is -2.27. The van der Waals surface area contributed by atoms with Crippen LogP contribution in [0.4, 0.5) is 0 Å². The highest BCUT2D eigenvalue weighted by Gasteiger charge is 2.30. The topological polar surface area (TPSA) is 111 Å². The SMILES string of the molecule is CCCCCCCC/C=C/CCCCCCCCCCCC(=O)OC(/C=C/CCCCCCCCCCC)C(COP(=O)(O)OCC[N+](C)(C)C)NC(=O)CCCCC/C=C\CCCCCCCCC. The molecule has 70 heavy (non-hydrogen) atoms. The van der Waals surface area contributed by atoms with Crippen LogP contribution >= 0.6 is 7.82 Å². The average molecular weight is 1010 g/mol. The van der Waals surface area contributed by atoms with E-state index in [1.165, 1.54) is 180 Å². The summed E-state index contributed by atoms with van der Waals surface area (Å²) in [5.74, 6) is -0.518. The Balaban J connectivity index is 5.26. The number of phosphoric ester groups is 1. The maximum absolute atomic E-state index is 13.5. The Bertz CT molecular complexity index is 1300. The summed E-state index contributed by atoms with van der Waals surface area (Å²) >= 11 is 0. The fraction of sp³-hybridized carbons (Fsp3) is 0.867. The van der Waals surface area contributed by atoms with E-state index in [-0.39, 0.29) is 31.5 Å². The number of quaternary nitrogens is 1. The molecule has 0 saturated heterocycles. The largest absolute Gasteiger partial charge is 0.472 e. The van der Waals surface area contributed by atoms with Crippen LogP contribution in [0, 0.1) is 0 Å². The van der Waals surface area contributed by atoms with E-state index in [9.17, 15) is 19.0 Å². The van der Waals surface area contributed by atoms with E-state index >= 15 is 0 Å². The van der Waals surface area contributed by atoms with E-state index in [0.29, 0.717) is 17.4 Å². The third-order valence-electron chi connectivity index (χ3n) is 13.3. The zero-order chi connectivity index (χ0) is 51.5. The van der Waals surface area contributed by atoms with Gasteiger partial charge in [0.25, 0.3) is 0 Å². The standard InChI is InChI=1S/C60H115N2O7P/c1-7-10-13-16-19-22-25-27-29-30-31-32-33-35-38-41-44-47-50-53-60(64)69-58(51-48-45-42-39-36-24-21-18-15-12-9-3)57(56-68-70(65,66)67-55-54-62(4,5)6)61-59(63)52-49-46-43-40-37-34-28-26-23-20-17-14-11-8-2/h27,29,34,37,48,51,57-58H,7-26,28,30-33,35-36,38-47,49-50,52-56H2,1-6H3,(H-,61,63,65,66)/p+1/b29-27+,37-34-,51-48+. The summed E-state index contributed by atoms with van der Waals surface area (Å²) in [6.07, 6.45) is 60.0. The molecule has 3 unspecified atom stereocenters. The Labute approximate surface area is 434 Å². The minimum Gasteiger partial charge on any atom is -0.456 e. The number of nitrogens with zero attached hydrogens (tertiary/aromatic N) is 1. The Hall–Kier alpha value is -1.77. The van der Waals surface area contributed by atoms with Gasteiger partial charge in [-0.1, -0.05) is 225 Å².